The van der Waals surface area contributed by atoms with Crippen molar-refractivity contribution in [1.82, 2.24) is 9.97 Å². The molecule has 1 unspecified atom stereocenters. The first kappa shape index (κ1) is 9.55. The lowest BCUT2D eigenvalue weighted by Crippen LogP contribution is -2.23. The van der Waals surface area contributed by atoms with Crippen LogP contribution < -0.4 is 0 Å². The maximum atomic E-state index is 8.85. The van der Waals surface area contributed by atoms with Crippen LogP contribution in [0, 0.1) is 0 Å². The molecule has 1 aliphatic heterocycles. The molecular weight excluding hydrogens is 180 g/mol. The molecule has 4 heteroatoms. The van der Waals surface area contributed by atoms with Gasteiger partial charge < -0.3 is 9.84 Å². The van der Waals surface area contributed by atoms with Crippen molar-refractivity contribution in [2.75, 3.05) is 6.61 Å². The van der Waals surface area contributed by atoms with Crippen LogP contribution in [0.1, 0.15) is 31.2 Å². The summed E-state index contributed by atoms with van der Waals surface area (Å²) in [5.41, 5.74) is 0.406. The van der Waals surface area contributed by atoms with Gasteiger partial charge in [-0.3, -0.25) is 0 Å². The zero-order valence-corrected chi connectivity index (χ0v) is 8.23. The molecule has 4 nitrogen and oxygen atoms in total. The maximum Gasteiger partial charge on any atom is 0.159 e. The summed E-state index contributed by atoms with van der Waals surface area (Å²) in [6.45, 7) is 2.77. The molecule has 0 aliphatic carbocycles. The fourth-order valence-electron chi connectivity index (χ4n) is 1.66. The van der Waals surface area contributed by atoms with Gasteiger partial charge in [0.2, 0.25) is 0 Å². The van der Waals surface area contributed by atoms with E-state index in [1.165, 1.54) is 0 Å². The molecule has 1 fully saturated rings. The smallest absolute Gasteiger partial charge is 0.159 e. The number of hydrogen-bond donors (Lipinski definition) is 1. The van der Waals surface area contributed by atoms with Gasteiger partial charge >= 0.3 is 0 Å². The summed E-state index contributed by atoms with van der Waals surface area (Å²) >= 11 is 0. The molecule has 0 bridgehead atoms. The minimum Gasteiger partial charge on any atom is -0.392 e. The van der Waals surface area contributed by atoms with Crippen LogP contribution in [0.4, 0.5) is 0 Å². The highest BCUT2D eigenvalue weighted by Crippen LogP contribution is 2.32. The number of aliphatic hydroxyl groups is 1. The second kappa shape index (κ2) is 3.63. The van der Waals surface area contributed by atoms with E-state index in [0.29, 0.717) is 5.82 Å². The molecule has 2 heterocycles. The molecule has 0 radical (unpaired) electrons. The number of aliphatic hydroxyl groups excluding tert-OH is 1. The molecule has 1 atom stereocenters. The summed E-state index contributed by atoms with van der Waals surface area (Å²) in [5, 5.41) is 8.85. The van der Waals surface area contributed by atoms with Gasteiger partial charge in [-0.1, -0.05) is 0 Å². The van der Waals surface area contributed by atoms with E-state index in [1.807, 2.05) is 6.92 Å². The van der Waals surface area contributed by atoms with Crippen molar-refractivity contribution < 1.29 is 9.84 Å². The molecule has 14 heavy (non-hydrogen) atoms. The molecule has 0 amide bonds. The minimum absolute atomic E-state index is 0.0160. The topological polar surface area (TPSA) is 55.2 Å². The van der Waals surface area contributed by atoms with E-state index in [4.69, 9.17) is 9.84 Å². The monoisotopic (exact) mass is 194 g/mol. The van der Waals surface area contributed by atoms with E-state index in [-0.39, 0.29) is 12.2 Å². The Kier molecular flexibility index (Phi) is 2.48. The first-order valence-corrected chi connectivity index (χ1v) is 4.81. The average molecular weight is 194 g/mol. The van der Waals surface area contributed by atoms with E-state index in [0.717, 1.165) is 25.0 Å². The molecule has 0 aromatic carbocycles. The molecule has 2 rings (SSSR count). The van der Waals surface area contributed by atoms with E-state index >= 15 is 0 Å². The van der Waals surface area contributed by atoms with Gasteiger partial charge in [0.25, 0.3) is 0 Å². The van der Waals surface area contributed by atoms with Crippen molar-refractivity contribution in [1.29, 1.82) is 0 Å². The predicted octanol–water partition coefficient (Wildman–Crippen LogP) is 0.994. The first-order valence-electron chi connectivity index (χ1n) is 4.81. The van der Waals surface area contributed by atoms with Gasteiger partial charge in [-0.15, -0.1) is 0 Å². The Balaban J connectivity index is 2.23. The lowest BCUT2D eigenvalue weighted by atomic mass is 10.0. The highest BCUT2D eigenvalue weighted by molar-refractivity contribution is 5.08. The highest BCUT2D eigenvalue weighted by Gasteiger charge is 2.34. The van der Waals surface area contributed by atoms with Gasteiger partial charge in [-0.05, 0) is 19.8 Å². The number of aromatic nitrogens is 2. The Bertz CT molecular complexity index is 304. The number of nitrogens with zero attached hydrogens (tertiary/aromatic N) is 2. The third kappa shape index (κ3) is 1.63. The van der Waals surface area contributed by atoms with Gasteiger partial charge in [0, 0.05) is 24.6 Å². The lowest BCUT2D eigenvalue weighted by molar-refractivity contribution is 0.00922. The van der Waals surface area contributed by atoms with Crippen LogP contribution in [0.15, 0.2) is 12.4 Å². The summed E-state index contributed by atoms with van der Waals surface area (Å²) in [6, 6.07) is 0. The normalized spacial score (nSPS) is 26.7. The van der Waals surface area contributed by atoms with Gasteiger partial charge in [-0.2, -0.15) is 0 Å². The molecule has 0 spiro atoms. The minimum atomic E-state index is -0.325. The van der Waals surface area contributed by atoms with Crippen molar-refractivity contribution in [3.63, 3.8) is 0 Å². The third-order valence-electron chi connectivity index (χ3n) is 2.58. The van der Waals surface area contributed by atoms with Crippen molar-refractivity contribution >= 4 is 0 Å². The maximum absolute atomic E-state index is 8.85. The Hall–Kier alpha value is -1.00. The van der Waals surface area contributed by atoms with Gasteiger partial charge in [0.05, 0.1) is 6.61 Å². The second-order valence-corrected chi connectivity index (χ2v) is 3.76. The van der Waals surface area contributed by atoms with Crippen LogP contribution in [0.25, 0.3) is 0 Å². The van der Waals surface area contributed by atoms with E-state index in [2.05, 4.69) is 9.97 Å². The fourth-order valence-corrected chi connectivity index (χ4v) is 1.66. The zero-order valence-electron chi connectivity index (χ0n) is 8.23. The molecule has 1 saturated heterocycles. The molecular formula is C10H14N2O2. The van der Waals surface area contributed by atoms with E-state index < -0.39 is 0 Å². The van der Waals surface area contributed by atoms with Gasteiger partial charge in [-0.25, -0.2) is 9.97 Å². The molecule has 1 aliphatic rings. The van der Waals surface area contributed by atoms with E-state index in [1.54, 1.807) is 12.4 Å². The van der Waals surface area contributed by atoms with Crippen LogP contribution in [0.3, 0.4) is 0 Å². The van der Waals surface area contributed by atoms with Crippen LogP contribution in [0.5, 0.6) is 0 Å². The zero-order chi connectivity index (χ0) is 10.0. The Morgan fingerprint density at radius 2 is 2.21 bits per heavy atom. The van der Waals surface area contributed by atoms with Crippen LogP contribution >= 0.6 is 0 Å². The summed E-state index contributed by atoms with van der Waals surface area (Å²) < 4.78 is 5.61. The molecule has 76 valence electrons. The van der Waals surface area contributed by atoms with Crippen molar-refractivity contribution in [2.45, 2.75) is 32.0 Å². The summed E-state index contributed by atoms with van der Waals surface area (Å²) in [7, 11) is 0. The largest absolute Gasteiger partial charge is 0.392 e. The number of rotatable bonds is 2. The number of ether oxygens (including phenoxy) is 1. The Morgan fingerprint density at radius 1 is 1.50 bits per heavy atom. The Labute approximate surface area is 83.0 Å². The van der Waals surface area contributed by atoms with Crippen molar-refractivity contribution in [3.05, 3.63) is 23.8 Å². The van der Waals surface area contributed by atoms with Crippen LogP contribution in [-0.2, 0) is 16.9 Å². The summed E-state index contributed by atoms with van der Waals surface area (Å²) in [4.78, 5) is 8.41. The fraction of sp³-hybridized carbons (Fsp3) is 0.600. The predicted molar refractivity (Wildman–Crippen MR) is 50.5 cm³/mol. The summed E-state index contributed by atoms with van der Waals surface area (Å²) in [6.07, 6.45) is 5.32. The Morgan fingerprint density at radius 3 is 2.71 bits per heavy atom. The van der Waals surface area contributed by atoms with E-state index in [9.17, 15) is 0 Å². The first-order chi connectivity index (χ1) is 6.74. The third-order valence-corrected chi connectivity index (χ3v) is 2.58. The average Bonchev–Trinajstić information content (AvgIpc) is 2.67. The summed E-state index contributed by atoms with van der Waals surface area (Å²) in [5.74, 6) is 0.715. The standard InChI is InChI=1S/C10H14N2O2/c1-10(3-2-4-14-10)9-11-5-8(7-13)6-12-9/h5-6,13H,2-4,7H2,1H3. The van der Waals surface area contributed by atoms with Gasteiger partial charge in [0.15, 0.2) is 5.82 Å². The molecule has 1 aromatic rings. The van der Waals surface area contributed by atoms with Crippen molar-refractivity contribution in [3.8, 4) is 0 Å². The van der Waals surface area contributed by atoms with Gasteiger partial charge in [0.1, 0.15) is 5.60 Å². The lowest BCUT2D eigenvalue weighted by Gasteiger charge is -2.20. The quantitative estimate of drug-likeness (QED) is 0.763. The highest BCUT2D eigenvalue weighted by atomic mass is 16.5. The molecule has 1 aromatic heterocycles. The number of hydrogen-bond acceptors (Lipinski definition) is 4. The van der Waals surface area contributed by atoms with Crippen molar-refractivity contribution in [2.24, 2.45) is 0 Å². The van der Waals surface area contributed by atoms with Crippen LogP contribution in [-0.4, -0.2) is 21.7 Å². The molecule has 1 N–H and O–H groups in total. The SMILES string of the molecule is CC1(c2ncc(CO)cn2)CCCO1. The van der Waals surface area contributed by atoms with Crippen LogP contribution in [0.2, 0.25) is 0 Å². The molecule has 0 saturated carbocycles. The second-order valence-electron chi connectivity index (χ2n) is 3.76.